The summed E-state index contributed by atoms with van der Waals surface area (Å²) in [5, 5.41) is 3.99. The molecule has 0 fully saturated rings. The zero-order chi connectivity index (χ0) is 10.4. The SMILES string of the molecule is CNC(COC)Cc1ccc(Cl)cc1. The molecule has 1 atom stereocenters. The van der Waals surface area contributed by atoms with Crippen molar-refractivity contribution < 1.29 is 4.74 Å². The van der Waals surface area contributed by atoms with E-state index in [1.807, 2.05) is 31.3 Å². The minimum Gasteiger partial charge on any atom is -0.383 e. The summed E-state index contributed by atoms with van der Waals surface area (Å²) < 4.78 is 5.10. The van der Waals surface area contributed by atoms with Crippen LogP contribution in [0.15, 0.2) is 24.3 Å². The zero-order valence-electron chi connectivity index (χ0n) is 8.59. The van der Waals surface area contributed by atoms with Gasteiger partial charge in [-0.2, -0.15) is 0 Å². The molecule has 3 heteroatoms. The highest BCUT2D eigenvalue weighted by Gasteiger charge is 2.05. The van der Waals surface area contributed by atoms with E-state index in [1.165, 1.54) is 5.56 Å². The smallest absolute Gasteiger partial charge is 0.0618 e. The third-order valence-electron chi connectivity index (χ3n) is 2.17. The van der Waals surface area contributed by atoms with E-state index in [9.17, 15) is 0 Å². The lowest BCUT2D eigenvalue weighted by Gasteiger charge is -2.14. The Labute approximate surface area is 90.2 Å². The molecule has 0 amide bonds. The highest BCUT2D eigenvalue weighted by molar-refractivity contribution is 6.30. The van der Waals surface area contributed by atoms with Gasteiger partial charge in [-0.05, 0) is 31.2 Å². The molecule has 1 aromatic rings. The van der Waals surface area contributed by atoms with E-state index >= 15 is 0 Å². The monoisotopic (exact) mass is 213 g/mol. The molecule has 0 aliphatic carbocycles. The fourth-order valence-electron chi connectivity index (χ4n) is 1.35. The highest BCUT2D eigenvalue weighted by Crippen LogP contribution is 2.11. The molecule has 2 nitrogen and oxygen atoms in total. The Kier molecular flexibility index (Phi) is 4.94. The summed E-state index contributed by atoms with van der Waals surface area (Å²) in [5.74, 6) is 0. The van der Waals surface area contributed by atoms with Crippen LogP contribution in [-0.4, -0.2) is 26.8 Å². The maximum absolute atomic E-state index is 5.80. The minimum atomic E-state index is 0.362. The van der Waals surface area contributed by atoms with Gasteiger partial charge in [0.25, 0.3) is 0 Å². The summed E-state index contributed by atoms with van der Waals surface area (Å²) in [4.78, 5) is 0. The van der Waals surface area contributed by atoms with Crippen molar-refractivity contribution in [2.24, 2.45) is 0 Å². The van der Waals surface area contributed by atoms with Crippen molar-refractivity contribution in [1.29, 1.82) is 0 Å². The van der Waals surface area contributed by atoms with E-state index in [2.05, 4.69) is 5.32 Å². The molecule has 14 heavy (non-hydrogen) atoms. The van der Waals surface area contributed by atoms with Crippen molar-refractivity contribution >= 4 is 11.6 Å². The molecule has 1 N–H and O–H groups in total. The van der Waals surface area contributed by atoms with Gasteiger partial charge in [0.1, 0.15) is 0 Å². The van der Waals surface area contributed by atoms with Gasteiger partial charge in [0.2, 0.25) is 0 Å². The second kappa shape index (κ2) is 6.02. The predicted molar refractivity (Wildman–Crippen MR) is 59.9 cm³/mol. The van der Waals surface area contributed by atoms with Crippen LogP contribution in [0.5, 0.6) is 0 Å². The largest absolute Gasteiger partial charge is 0.383 e. The lowest BCUT2D eigenvalue weighted by molar-refractivity contribution is 0.169. The molecule has 0 spiro atoms. The number of hydrogen-bond acceptors (Lipinski definition) is 2. The molecule has 0 saturated carbocycles. The van der Waals surface area contributed by atoms with Crippen molar-refractivity contribution in [3.05, 3.63) is 34.9 Å². The van der Waals surface area contributed by atoms with Gasteiger partial charge in [0.15, 0.2) is 0 Å². The third-order valence-corrected chi connectivity index (χ3v) is 2.42. The molecular weight excluding hydrogens is 198 g/mol. The standard InChI is InChI=1S/C11H16ClNO/c1-13-11(8-14-2)7-9-3-5-10(12)6-4-9/h3-6,11,13H,7-8H2,1-2H3. The van der Waals surface area contributed by atoms with E-state index in [-0.39, 0.29) is 0 Å². The van der Waals surface area contributed by atoms with E-state index in [0.717, 1.165) is 18.1 Å². The van der Waals surface area contributed by atoms with Crippen molar-refractivity contribution in [1.82, 2.24) is 5.32 Å². The average molecular weight is 214 g/mol. The van der Waals surface area contributed by atoms with E-state index in [0.29, 0.717) is 6.04 Å². The third kappa shape index (κ3) is 3.66. The summed E-state index contributed by atoms with van der Waals surface area (Å²) in [7, 11) is 3.66. The number of likely N-dealkylation sites (N-methyl/N-ethyl adjacent to an activating group) is 1. The minimum absolute atomic E-state index is 0.362. The molecular formula is C11H16ClNO. The Morgan fingerprint density at radius 1 is 1.36 bits per heavy atom. The molecule has 0 saturated heterocycles. The molecule has 0 aliphatic rings. The topological polar surface area (TPSA) is 21.3 Å². The first-order valence-corrected chi connectivity index (χ1v) is 5.04. The van der Waals surface area contributed by atoms with Crippen LogP contribution < -0.4 is 5.32 Å². The number of rotatable bonds is 5. The van der Waals surface area contributed by atoms with Gasteiger partial charge in [-0.15, -0.1) is 0 Å². The van der Waals surface area contributed by atoms with Crippen LogP contribution in [0.1, 0.15) is 5.56 Å². The van der Waals surface area contributed by atoms with Crippen LogP contribution in [0.25, 0.3) is 0 Å². The summed E-state index contributed by atoms with van der Waals surface area (Å²) in [6, 6.07) is 8.28. The second-order valence-corrected chi connectivity index (χ2v) is 3.71. The Morgan fingerprint density at radius 3 is 2.50 bits per heavy atom. The number of halogens is 1. The van der Waals surface area contributed by atoms with E-state index in [4.69, 9.17) is 16.3 Å². The average Bonchev–Trinajstić information content (AvgIpc) is 2.20. The number of nitrogens with one attached hydrogen (secondary N) is 1. The molecule has 0 aliphatic heterocycles. The number of hydrogen-bond donors (Lipinski definition) is 1. The van der Waals surface area contributed by atoms with Crippen molar-refractivity contribution in [2.45, 2.75) is 12.5 Å². The fourth-order valence-corrected chi connectivity index (χ4v) is 1.48. The summed E-state index contributed by atoms with van der Waals surface area (Å²) in [6.07, 6.45) is 0.960. The van der Waals surface area contributed by atoms with Crippen molar-refractivity contribution in [2.75, 3.05) is 20.8 Å². The van der Waals surface area contributed by atoms with Crippen LogP contribution in [0.4, 0.5) is 0 Å². The molecule has 78 valence electrons. The predicted octanol–water partition coefficient (Wildman–Crippen LogP) is 2.12. The summed E-state index contributed by atoms with van der Waals surface area (Å²) in [5.41, 5.74) is 1.27. The van der Waals surface area contributed by atoms with Gasteiger partial charge >= 0.3 is 0 Å². The maximum Gasteiger partial charge on any atom is 0.0618 e. The zero-order valence-corrected chi connectivity index (χ0v) is 9.34. The van der Waals surface area contributed by atoms with Gasteiger partial charge < -0.3 is 10.1 Å². The molecule has 0 radical (unpaired) electrons. The van der Waals surface area contributed by atoms with Crippen LogP contribution >= 0.6 is 11.6 Å². The maximum atomic E-state index is 5.80. The Morgan fingerprint density at radius 2 is 2.00 bits per heavy atom. The fraction of sp³-hybridized carbons (Fsp3) is 0.455. The number of benzene rings is 1. The summed E-state index contributed by atoms with van der Waals surface area (Å²) >= 11 is 5.80. The van der Waals surface area contributed by atoms with Crippen LogP contribution in [0.3, 0.4) is 0 Å². The first-order chi connectivity index (χ1) is 6.76. The first-order valence-electron chi connectivity index (χ1n) is 4.67. The van der Waals surface area contributed by atoms with Crippen molar-refractivity contribution in [3.8, 4) is 0 Å². The molecule has 1 rings (SSSR count). The van der Waals surface area contributed by atoms with Gasteiger partial charge in [-0.25, -0.2) is 0 Å². The first kappa shape index (κ1) is 11.5. The second-order valence-electron chi connectivity index (χ2n) is 3.27. The lowest BCUT2D eigenvalue weighted by Crippen LogP contribution is -2.31. The lowest BCUT2D eigenvalue weighted by atomic mass is 10.1. The highest BCUT2D eigenvalue weighted by atomic mass is 35.5. The Bertz CT molecular complexity index is 260. The van der Waals surface area contributed by atoms with E-state index < -0.39 is 0 Å². The Hall–Kier alpha value is -0.570. The van der Waals surface area contributed by atoms with Crippen molar-refractivity contribution in [3.63, 3.8) is 0 Å². The van der Waals surface area contributed by atoms with Gasteiger partial charge in [-0.1, -0.05) is 23.7 Å². The van der Waals surface area contributed by atoms with Gasteiger partial charge in [0.05, 0.1) is 6.61 Å². The normalized spacial score (nSPS) is 12.8. The molecule has 0 aromatic heterocycles. The number of methoxy groups -OCH3 is 1. The molecule has 0 bridgehead atoms. The van der Waals surface area contributed by atoms with Crippen LogP contribution in [-0.2, 0) is 11.2 Å². The molecule has 0 heterocycles. The van der Waals surface area contributed by atoms with Gasteiger partial charge in [-0.3, -0.25) is 0 Å². The Balaban J connectivity index is 2.53. The summed E-state index contributed by atoms with van der Waals surface area (Å²) in [6.45, 7) is 0.721. The molecule has 1 aromatic carbocycles. The van der Waals surface area contributed by atoms with Crippen LogP contribution in [0.2, 0.25) is 5.02 Å². The number of ether oxygens (including phenoxy) is 1. The quantitative estimate of drug-likeness (QED) is 0.809. The van der Waals surface area contributed by atoms with Crippen LogP contribution in [0, 0.1) is 0 Å². The molecule has 1 unspecified atom stereocenters. The van der Waals surface area contributed by atoms with Gasteiger partial charge in [0, 0.05) is 18.2 Å². The van der Waals surface area contributed by atoms with E-state index in [1.54, 1.807) is 7.11 Å².